The van der Waals surface area contributed by atoms with Gasteiger partial charge in [0.2, 0.25) is 5.91 Å². The Bertz CT molecular complexity index is 690. The minimum Gasteiger partial charge on any atom is -0.316 e. The van der Waals surface area contributed by atoms with E-state index < -0.39 is 0 Å². The van der Waals surface area contributed by atoms with E-state index in [-0.39, 0.29) is 11.8 Å². The lowest BCUT2D eigenvalue weighted by atomic mass is 10.0. The van der Waals surface area contributed by atoms with Gasteiger partial charge in [-0.05, 0) is 48.2 Å². The van der Waals surface area contributed by atoms with Gasteiger partial charge in [0.1, 0.15) is 0 Å². The van der Waals surface area contributed by atoms with E-state index in [4.69, 9.17) is 0 Å². The van der Waals surface area contributed by atoms with Gasteiger partial charge in [0.05, 0.1) is 5.92 Å². The zero-order valence-electron chi connectivity index (χ0n) is 12.6. The van der Waals surface area contributed by atoms with Gasteiger partial charge in [-0.2, -0.15) is 0 Å². The van der Waals surface area contributed by atoms with Crippen LogP contribution in [0.3, 0.4) is 0 Å². The molecule has 1 atom stereocenters. The number of carbonyl (C=O) groups excluding carboxylic acids is 1. The molecule has 0 radical (unpaired) electrons. The van der Waals surface area contributed by atoms with Crippen molar-refractivity contribution < 1.29 is 4.79 Å². The van der Waals surface area contributed by atoms with Gasteiger partial charge in [0, 0.05) is 18.8 Å². The molecule has 0 unspecified atom stereocenters. The van der Waals surface area contributed by atoms with Crippen LogP contribution in [0.2, 0.25) is 0 Å². The molecule has 112 valence electrons. The van der Waals surface area contributed by atoms with Gasteiger partial charge in [-0.1, -0.05) is 36.4 Å². The normalized spacial score (nSPS) is 20.2. The van der Waals surface area contributed by atoms with Crippen molar-refractivity contribution in [2.45, 2.75) is 12.8 Å². The molecule has 3 nitrogen and oxygen atoms in total. The number of hydrogen-bond acceptors (Lipinski definition) is 2. The Balaban J connectivity index is 1.62. The monoisotopic (exact) mass is 292 g/mol. The summed E-state index contributed by atoms with van der Waals surface area (Å²) in [6.45, 7) is 2.61. The number of nitrogens with zero attached hydrogens (tertiary/aromatic N) is 1. The number of amides is 1. The number of anilines is 1. The van der Waals surface area contributed by atoms with Crippen LogP contribution in [-0.2, 0) is 11.2 Å². The van der Waals surface area contributed by atoms with E-state index in [1.54, 1.807) is 0 Å². The van der Waals surface area contributed by atoms with Crippen LogP contribution in [0.1, 0.15) is 12.0 Å². The van der Waals surface area contributed by atoms with Crippen molar-refractivity contribution in [1.82, 2.24) is 5.32 Å². The predicted octanol–water partition coefficient (Wildman–Crippen LogP) is 2.85. The molecule has 1 fully saturated rings. The van der Waals surface area contributed by atoms with Crippen LogP contribution in [0.25, 0.3) is 11.1 Å². The van der Waals surface area contributed by atoms with Crippen molar-refractivity contribution in [3.8, 4) is 11.1 Å². The zero-order chi connectivity index (χ0) is 14.9. The predicted molar refractivity (Wildman–Crippen MR) is 88.9 cm³/mol. The van der Waals surface area contributed by atoms with Crippen molar-refractivity contribution in [1.29, 1.82) is 0 Å². The van der Waals surface area contributed by atoms with E-state index in [1.807, 2.05) is 11.0 Å². The largest absolute Gasteiger partial charge is 0.316 e. The van der Waals surface area contributed by atoms with Crippen LogP contribution < -0.4 is 10.2 Å². The summed E-state index contributed by atoms with van der Waals surface area (Å²) in [7, 11) is 0. The molecule has 2 heterocycles. The van der Waals surface area contributed by atoms with Crippen molar-refractivity contribution in [2.24, 2.45) is 5.92 Å². The third kappa shape index (κ3) is 2.32. The Morgan fingerprint density at radius 1 is 1.09 bits per heavy atom. The molecule has 2 aromatic rings. The molecule has 0 spiro atoms. The Morgan fingerprint density at radius 3 is 2.73 bits per heavy atom. The fourth-order valence-electron chi connectivity index (χ4n) is 3.53. The third-order valence-corrected chi connectivity index (χ3v) is 4.76. The first kappa shape index (κ1) is 13.5. The van der Waals surface area contributed by atoms with Gasteiger partial charge in [-0.3, -0.25) is 4.79 Å². The van der Waals surface area contributed by atoms with E-state index >= 15 is 0 Å². The number of nitrogens with one attached hydrogen (secondary N) is 1. The minimum atomic E-state index is 0.153. The van der Waals surface area contributed by atoms with Gasteiger partial charge in [0.15, 0.2) is 0 Å². The van der Waals surface area contributed by atoms with Crippen LogP contribution in [0, 0.1) is 5.92 Å². The molecule has 2 aromatic carbocycles. The molecule has 0 aliphatic carbocycles. The number of carbonyl (C=O) groups is 1. The topological polar surface area (TPSA) is 32.3 Å². The minimum absolute atomic E-state index is 0.153. The molecule has 4 rings (SSSR count). The summed E-state index contributed by atoms with van der Waals surface area (Å²) >= 11 is 0. The highest BCUT2D eigenvalue weighted by molar-refractivity contribution is 5.97. The van der Waals surface area contributed by atoms with Gasteiger partial charge >= 0.3 is 0 Å². The summed E-state index contributed by atoms with van der Waals surface area (Å²) < 4.78 is 0. The maximum absolute atomic E-state index is 12.7. The van der Waals surface area contributed by atoms with Crippen LogP contribution in [0.5, 0.6) is 0 Å². The molecule has 22 heavy (non-hydrogen) atoms. The fraction of sp³-hybridized carbons (Fsp3) is 0.316. The summed E-state index contributed by atoms with van der Waals surface area (Å²) in [6, 6.07) is 16.9. The second-order valence-corrected chi connectivity index (χ2v) is 6.14. The first-order valence-corrected chi connectivity index (χ1v) is 8.03. The summed E-state index contributed by atoms with van der Waals surface area (Å²) in [5.74, 6) is 0.441. The standard InChI is InChI=1S/C19H20N2O/c22-19(17-8-10-20-13-17)21-11-9-16-12-15(6-7-18(16)21)14-4-2-1-3-5-14/h1-7,12,17,20H,8-11,13H2/t17-/m1/s1. The Labute approximate surface area is 131 Å². The van der Waals surface area contributed by atoms with E-state index in [0.717, 1.165) is 38.2 Å². The molecular formula is C19H20N2O. The summed E-state index contributed by atoms with van der Waals surface area (Å²) in [5.41, 5.74) is 4.86. The molecule has 2 aliphatic heterocycles. The lowest BCUT2D eigenvalue weighted by Gasteiger charge is -2.21. The van der Waals surface area contributed by atoms with Crippen molar-refractivity contribution in [3.63, 3.8) is 0 Å². The lowest BCUT2D eigenvalue weighted by Crippen LogP contribution is -2.35. The highest BCUT2D eigenvalue weighted by Gasteiger charge is 2.31. The smallest absolute Gasteiger partial charge is 0.231 e. The number of rotatable bonds is 2. The second kappa shape index (κ2) is 5.58. The van der Waals surface area contributed by atoms with Gasteiger partial charge < -0.3 is 10.2 Å². The van der Waals surface area contributed by atoms with E-state index in [0.29, 0.717) is 0 Å². The quantitative estimate of drug-likeness (QED) is 0.923. The lowest BCUT2D eigenvalue weighted by molar-refractivity contribution is -0.121. The van der Waals surface area contributed by atoms with Gasteiger partial charge in [0.25, 0.3) is 0 Å². The van der Waals surface area contributed by atoms with Crippen LogP contribution >= 0.6 is 0 Å². The van der Waals surface area contributed by atoms with Crippen molar-refractivity contribution in [3.05, 3.63) is 54.1 Å². The zero-order valence-corrected chi connectivity index (χ0v) is 12.6. The highest BCUT2D eigenvalue weighted by Crippen LogP contribution is 2.33. The maximum Gasteiger partial charge on any atom is 0.231 e. The molecule has 1 N–H and O–H groups in total. The Hall–Kier alpha value is -2.13. The SMILES string of the molecule is O=C([C@@H]1CCNC1)N1CCc2cc(-c3ccccc3)ccc21. The van der Waals surface area contributed by atoms with Gasteiger partial charge in [-0.25, -0.2) is 0 Å². The Kier molecular flexibility index (Phi) is 3.43. The van der Waals surface area contributed by atoms with Crippen molar-refractivity contribution in [2.75, 3.05) is 24.5 Å². The molecule has 2 aliphatic rings. The molecule has 0 aromatic heterocycles. The average molecular weight is 292 g/mol. The Morgan fingerprint density at radius 2 is 1.95 bits per heavy atom. The fourth-order valence-corrected chi connectivity index (χ4v) is 3.53. The number of benzene rings is 2. The first-order chi connectivity index (χ1) is 10.8. The summed E-state index contributed by atoms with van der Waals surface area (Å²) in [6.07, 6.45) is 1.93. The highest BCUT2D eigenvalue weighted by atomic mass is 16.2. The third-order valence-electron chi connectivity index (χ3n) is 4.76. The molecular weight excluding hydrogens is 272 g/mol. The molecule has 1 amide bonds. The van der Waals surface area contributed by atoms with E-state index in [1.165, 1.54) is 16.7 Å². The number of hydrogen-bond donors (Lipinski definition) is 1. The van der Waals surface area contributed by atoms with Crippen LogP contribution in [0.15, 0.2) is 48.5 Å². The van der Waals surface area contributed by atoms with Crippen LogP contribution in [0.4, 0.5) is 5.69 Å². The molecule has 0 saturated carbocycles. The maximum atomic E-state index is 12.7. The molecule has 0 bridgehead atoms. The van der Waals surface area contributed by atoms with Crippen molar-refractivity contribution >= 4 is 11.6 Å². The second-order valence-electron chi connectivity index (χ2n) is 6.14. The summed E-state index contributed by atoms with van der Waals surface area (Å²) in [5, 5.41) is 3.28. The molecule has 1 saturated heterocycles. The van der Waals surface area contributed by atoms with Crippen LogP contribution in [-0.4, -0.2) is 25.5 Å². The van der Waals surface area contributed by atoms with E-state index in [9.17, 15) is 4.79 Å². The first-order valence-electron chi connectivity index (χ1n) is 8.03. The number of fused-ring (bicyclic) bond motifs is 1. The van der Waals surface area contributed by atoms with E-state index in [2.05, 4.69) is 47.8 Å². The average Bonchev–Trinajstić information content (AvgIpc) is 3.24. The van der Waals surface area contributed by atoms with Gasteiger partial charge in [-0.15, -0.1) is 0 Å². The summed E-state index contributed by atoms with van der Waals surface area (Å²) in [4.78, 5) is 14.6. The molecule has 3 heteroatoms.